The van der Waals surface area contributed by atoms with Crippen LogP contribution in [-0.2, 0) is 17.7 Å². The fourth-order valence-electron chi connectivity index (χ4n) is 1.71. The van der Waals surface area contributed by atoms with Crippen molar-refractivity contribution in [1.29, 1.82) is 0 Å². The molecule has 0 bridgehead atoms. The van der Waals surface area contributed by atoms with Crippen molar-refractivity contribution in [3.05, 3.63) is 21.9 Å². The molecule has 1 aromatic heterocycles. The minimum atomic E-state index is -0.410. The first kappa shape index (κ1) is 15.6. The first-order valence-corrected chi connectivity index (χ1v) is 7.67. The molecule has 104 valence electrons. The van der Waals surface area contributed by atoms with Crippen LogP contribution < -0.4 is 5.32 Å². The summed E-state index contributed by atoms with van der Waals surface area (Å²) in [6.07, 6.45) is 2.86. The average Bonchev–Trinajstić information content (AvgIpc) is 2.82. The van der Waals surface area contributed by atoms with Gasteiger partial charge in [0.25, 0.3) is 0 Å². The number of thiophene rings is 1. The van der Waals surface area contributed by atoms with Gasteiger partial charge in [0.15, 0.2) is 0 Å². The van der Waals surface area contributed by atoms with E-state index in [9.17, 15) is 5.11 Å². The number of hydrogen-bond acceptors (Lipinski definition) is 4. The van der Waals surface area contributed by atoms with E-state index in [2.05, 4.69) is 30.6 Å². The normalized spacial score (nSPS) is 12.8. The summed E-state index contributed by atoms with van der Waals surface area (Å²) in [4.78, 5) is 1.37. The zero-order chi connectivity index (χ0) is 13.2. The average molecular weight is 271 g/mol. The highest BCUT2D eigenvalue weighted by atomic mass is 32.1. The first-order valence-electron chi connectivity index (χ1n) is 6.79. The Bertz CT molecular complexity index is 314. The third kappa shape index (κ3) is 5.96. The molecule has 1 atom stereocenters. The van der Waals surface area contributed by atoms with E-state index < -0.39 is 6.10 Å². The number of nitrogens with one attached hydrogen (secondary N) is 1. The summed E-state index contributed by atoms with van der Waals surface area (Å²) in [5, 5.41) is 15.1. The Morgan fingerprint density at radius 2 is 2.28 bits per heavy atom. The molecule has 3 nitrogen and oxygen atoms in total. The van der Waals surface area contributed by atoms with Crippen LogP contribution >= 0.6 is 11.3 Å². The van der Waals surface area contributed by atoms with E-state index >= 15 is 0 Å². The smallest absolute Gasteiger partial charge is 0.0897 e. The summed E-state index contributed by atoms with van der Waals surface area (Å²) in [7, 11) is 0. The largest absolute Gasteiger partial charge is 0.389 e. The van der Waals surface area contributed by atoms with Gasteiger partial charge in [0.05, 0.1) is 12.7 Å². The molecule has 0 saturated heterocycles. The molecule has 0 aliphatic carbocycles. The number of hydrogen-bond donors (Lipinski definition) is 2. The lowest BCUT2D eigenvalue weighted by Crippen LogP contribution is -2.30. The number of rotatable bonds is 10. The molecule has 1 heterocycles. The zero-order valence-electron chi connectivity index (χ0n) is 11.4. The number of aryl methyl sites for hydroxylation is 1. The number of aliphatic hydroxyl groups excluding tert-OH is 1. The minimum absolute atomic E-state index is 0.410. The highest BCUT2D eigenvalue weighted by Crippen LogP contribution is 2.16. The minimum Gasteiger partial charge on any atom is -0.389 e. The third-order valence-electron chi connectivity index (χ3n) is 2.84. The lowest BCUT2D eigenvalue weighted by atomic mass is 10.2. The van der Waals surface area contributed by atoms with Crippen molar-refractivity contribution >= 4 is 11.3 Å². The van der Waals surface area contributed by atoms with Gasteiger partial charge in [-0.1, -0.05) is 20.3 Å². The van der Waals surface area contributed by atoms with Gasteiger partial charge < -0.3 is 15.2 Å². The molecule has 18 heavy (non-hydrogen) atoms. The molecular weight excluding hydrogens is 246 g/mol. The Morgan fingerprint density at radius 1 is 1.44 bits per heavy atom. The van der Waals surface area contributed by atoms with E-state index in [1.807, 2.05) is 0 Å². The Morgan fingerprint density at radius 3 is 3.00 bits per heavy atom. The number of aliphatic hydroxyl groups is 1. The second-order valence-corrected chi connectivity index (χ2v) is 5.44. The molecule has 4 heteroatoms. The van der Waals surface area contributed by atoms with Crippen LogP contribution in [0.5, 0.6) is 0 Å². The van der Waals surface area contributed by atoms with Gasteiger partial charge in [0, 0.05) is 24.6 Å². The molecule has 1 aromatic rings. The van der Waals surface area contributed by atoms with Crippen molar-refractivity contribution in [2.24, 2.45) is 0 Å². The molecule has 0 fully saturated rings. The van der Waals surface area contributed by atoms with Gasteiger partial charge in [0.2, 0.25) is 0 Å². The molecule has 0 aliphatic rings. The summed E-state index contributed by atoms with van der Waals surface area (Å²) in [6, 6.07) is 2.17. The van der Waals surface area contributed by atoms with Crippen LogP contribution in [0.3, 0.4) is 0 Å². The molecule has 0 amide bonds. The summed E-state index contributed by atoms with van der Waals surface area (Å²) in [5.41, 5.74) is 1.40. The fraction of sp³-hybridized carbons (Fsp3) is 0.714. The van der Waals surface area contributed by atoms with Gasteiger partial charge in [-0.05, 0) is 29.9 Å². The number of unbranched alkanes of at least 4 members (excludes halogenated alkanes) is 1. The van der Waals surface area contributed by atoms with Crippen molar-refractivity contribution in [2.45, 2.75) is 45.8 Å². The van der Waals surface area contributed by atoms with Crippen LogP contribution in [0.4, 0.5) is 0 Å². The predicted molar refractivity (Wildman–Crippen MR) is 77.1 cm³/mol. The third-order valence-corrected chi connectivity index (χ3v) is 3.80. The second kappa shape index (κ2) is 9.50. The summed E-state index contributed by atoms with van der Waals surface area (Å²) >= 11 is 1.77. The Hall–Kier alpha value is -0.420. The topological polar surface area (TPSA) is 41.5 Å². The molecule has 0 aromatic carbocycles. The summed E-state index contributed by atoms with van der Waals surface area (Å²) < 4.78 is 5.38. The quantitative estimate of drug-likeness (QED) is 0.643. The number of ether oxygens (including phenoxy) is 1. The van der Waals surface area contributed by atoms with E-state index in [4.69, 9.17) is 4.74 Å². The Balaban J connectivity index is 2.10. The van der Waals surface area contributed by atoms with Crippen LogP contribution in [0.2, 0.25) is 0 Å². The van der Waals surface area contributed by atoms with E-state index in [0.717, 1.165) is 32.4 Å². The van der Waals surface area contributed by atoms with Crippen LogP contribution in [0.1, 0.15) is 37.1 Å². The Labute approximate surface area is 114 Å². The molecular formula is C14H25NO2S. The lowest BCUT2D eigenvalue weighted by Gasteiger charge is -2.12. The standard InChI is InChI=1S/C14H25NO2S/c1-3-5-7-17-11-13(16)9-15-10-14-12(4-2)6-8-18-14/h6,8,13,15-16H,3-5,7,9-11H2,1-2H3. The fourth-order valence-corrected chi connectivity index (χ4v) is 2.66. The van der Waals surface area contributed by atoms with Gasteiger partial charge in [-0.15, -0.1) is 11.3 Å². The summed E-state index contributed by atoms with van der Waals surface area (Å²) in [5.74, 6) is 0. The van der Waals surface area contributed by atoms with Gasteiger partial charge in [-0.2, -0.15) is 0 Å². The highest BCUT2D eigenvalue weighted by molar-refractivity contribution is 7.10. The van der Waals surface area contributed by atoms with E-state index in [-0.39, 0.29) is 0 Å². The van der Waals surface area contributed by atoms with Gasteiger partial charge in [-0.25, -0.2) is 0 Å². The maximum absolute atomic E-state index is 9.72. The molecule has 1 unspecified atom stereocenters. The molecule has 0 radical (unpaired) electrons. The van der Waals surface area contributed by atoms with Gasteiger partial charge in [0.1, 0.15) is 0 Å². The SMILES string of the molecule is CCCCOCC(O)CNCc1sccc1CC. The van der Waals surface area contributed by atoms with E-state index in [0.29, 0.717) is 13.2 Å². The monoisotopic (exact) mass is 271 g/mol. The summed E-state index contributed by atoms with van der Waals surface area (Å²) in [6.45, 7) is 6.91. The molecule has 0 saturated carbocycles. The maximum Gasteiger partial charge on any atom is 0.0897 e. The highest BCUT2D eigenvalue weighted by Gasteiger charge is 2.05. The van der Waals surface area contributed by atoms with Crippen molar-refractivity contribution in [2.75, 3.05) is 19.8 Å². The van der Waals surface area contributed by atoms with Crippen molar-refractivity contribution in [3.8, 4) is 0 Å². The molecule has 2 N–H and O–H groups in total. The van der Waals surface area contributed by atoms with Crippen LogP contribution in [0.25, 0.3) is 0 Å². The zero-order valence-corrected chi connectivity index (χ0v) is 12.3. The van der Waals surface area contributed by atoms with Crippen molar-refractivity contribution < 1.29 is 9.84 Å². The van der Waals surface area contributed by atoms with Crippen LogP contribution in [0.15, 0.2) is 11.4 Å². The Kier molecular flexibility index (Phi) is 8.25. The maximum atomic E-state index is 9.72. The lowest BCUT2D eigenvalue weighted by molar-refractivity contribution is 0.0358. The molecule has 0 aliphatic heterocycles. The van der Waals surface area contributed by atoms with E-state index in [1.165, 1.54) is 10.4 Å². The second-order valence-electron chi connectivity index (χ2n) is 4.44. The molecule has 1 rings (SSSR count). The first-order chi connectivity index (χ1) is 8.77. The predicted octanol–water partition coefficient (Wildman–Crippen LogP) is 2.58. The van der Waals surface area contributed by atoms with Crippen molar-refractivity contribution in [3.63, 3.8) is 0 Å². The van der Waals surface area contributed by atoms with Crippen LogP contribution in [-0.4, -0.2) is 31.0 Å². The van der Waals surface area contributed by atoms with Crippen LogP contribution in [0, 0.1) is 0 Å². The van der Waals surface area contributed by atoms with E-state index in [1.54, 1.807) is 11.3 Å². The van der Waals surface area contributed by atoms with Gasteiger partial charge >= 0.3 is 0 Å². The van der Waals surface area contributed by atoms with Crippen molar-refractivity contribution in [1.82, 2.24) is 5.32 Å². The van der Waals surface area contributed by atoms with Gasteiger partial charge in [-0.3, -0.25) is 0 Å². The molecule has 0 spiro atoms.